The van der Waals surface area contributed by atoms with Crippen molar-refractivity contribution in [2.75, 3.05) is 11.9 Å². The lowest BCUT2D eigenvalue weighted by Crippen LogP contribution is -2.48. The van der Waals surface area contributed by atoms with Crippen molar-refractivity contribution >= 4 is 17.6 Å². The van der Waals surface area contributed by atoms with Gasteiger partial charge in [0, 0.05) is 37.6 Å². The summed E-state index contributed by atoms with van der Waals surface area (Å²) in [5, 5.41) is 10.0. The van der Waals surface area contributed by atoms with E-state index >= 15 is 0 Å². The molecule has 7 heteroatoms. The monoisotopic (exact) mass is 421 g/mol. The van der Waals surface area contributed by atoms with Crippen LogP contribution in [0, 0.1) is 23.2 Å². The number of carbonyl (C=O) groups is 2. The Bertz CT molecular complexity index is 903. The molecule has 0 aliphatic heterocycles. The van der Waals surface area contributed by atoms with Gasteiger partial charge in [0.2, 0.25) is 11.8 Å². The van der Waals surface area contributed by atoms with Crippen LogP contribution in [-0.2, 0) is 22.6 Å². The lowest BCUT2D eigenvalue weighted by molar-refractivity contribution is -0.131. The number of nitrogens with one attached hydrogen (secondary N) is 2. The third kappa shape index (κ3) is 4.81. The molecule has 0 atom stereocenters. The Kier molecular flexibility index (Phi) is 5.50. The molecule has 0 saturated heterocycles. The molecule has 4 fully saturated rings. The zero-order valence-corrected chi connectivity index (χ0v) is 17.9. The second-order valence-corrected chi connectivity index (χ2v) is 9.99. The molecule has 4 bridgehead atoms. The summed E-state index contributed by atoms with van der Waals surface area (Å²) in [5.74, 6) is 2.77. The molecule has 4 aliphatic rings. The van der Waals surface area contributed by atoms with E-state index in [9.17, 15) is 9.59 Å². The van der Waals surface area contributed by atoms with Crippen LogP contribution in [0.4, 0.5) is 5.82 Å². The number of rotatable bonds is 8. The van der Waals surface area contributed by atoms with Gasteiger partial charge in [-0.05, 0) is 85.8 Å². The van der Waals surface area contributed by atoms with Gasteiger partial charge >= 0.3 is 0 Å². The minimum Gasteiger partial charge on any atom is -0.347 e. The summed E-state index contributed by atoms with van der Waals surface area (Å²) in [6, 6.07) is 5.75. The van der Waals surface area contributed by atoms with Crippen molar-refractivity contribution in [3.8, 4) is 0 Å². The maximum Gasteiger partial charge on any atom is 0.244 e. The summed E-state index contributed by atoms with van der Waals surface area (Å²) in [7, 11) is 0. The lowest BCUT2D eigenvalue weighted by atomic mass is 9.49. The van der Waals surface area contributed by atoms with Gasteiger partial charge in [0.25, 0.3) is 0 Å². The molecule has 4 aliphatic carbocycles. The number of amides is 2. The van der Waals surface area contributed by atoms with Gasteiger partial charge in [-0.3, -0.25) is 19.3 Å². The van der Waals surface area contributed by atoms with Crippen LogP contribution in [0.5, 0.6) is 0 Å². The minimum absolute atomic E-state index is 0.00489. The SMILES string of the molecule is O=C(CC12CC3CC(CC(C3)C1)C2)NCC(=O)Nc1ccn(CCc2ccncc2)n1. The topological polar surface area (TPSA) is 88.9 Å². The molecule has 2 aromatic rings. The molecule has 0 spiro atoms. The molecule has 0 radical (unpaired) electrons. The van der Waals surface area contributed by atoms with Crippen molar-refractivity contribution in [2.45, 2.75) is 57.9 Å². The fourth-order valence-electron chi connectivity index (χ4n) is 6.62. The minimum atomic E-state index is -0.238. The first-order valence-electron chi connectivity index (χ1n) is 11.5. The highest BCUT2D eigenvalue weighted by Crippen LogP contribution is 2.61. The first kappa shape index (κ1) is 20.2. The average molecular weight is 422 g/mol. The fraction of sp³-hybridized carbons (Fsp3) is 0.583. The summed E-state index contributed by atoms with van der Waals surface area (Å²) in [5.41, 5.74) is 1.39. The molecule has 6 rings (SSSR count). The highest BCUT2D eigenvalue weighted by atomic mass is 16.2. The maximum absolute atomic E-state index is 12.6. The molecule has 164 valence electrons. The molecule has 2 heterocycles. The van der Waals surface area contributed by atoms with Gasteiger partial charge in [-0.2, -0.15) is 5.10 Å². The second kappa shape index (κ2) is 8.44. The Balaban J connectivity index is 1.06. The van der Waals surface area contributed by atoms with Crippen LogP contribution < -0.4 is 10.6 Å². The normalized spacial score (nSPS) is 28.5. The first-order chi connectivity index (χ1) is 15.1. The smallest absolute Gasteiger partial charge is 0.244 e. The highest BCUT2D eigenvalue weighted by Gasteiger charge is 2.51. The Morgan fingerprint density at radius 1 is 1.00 bits per heavy atom. The zero-order valence-electron chi connectivity index (χ0n) is 17.9. The largest absolute Gasteiger partial charge is 0.347 e. The van der Waals surface area contributed by atoms with Crippen LogP contribution in [0.3, 0.4) is 0 Å². The molecule has 2 N–H and O–H groups in total. The van der Waals surface area contributed by atoms with Crippen LogP contribution in [0.1, 0.15) is 50.5 Å². The van der Waals surface area contributed by atoms with Crippen LogP contribution in [0.15, 0.2) is 36.8 Å². The first-order valence-corrected chi connectivity index (χ1v) is 11.5. The molecule has 2 aromatic heterocycles. The summed E-state index contributed by atoms with van der Waals surface area (Å²) in [4.78, 5) is 28.9. The van der Waals surface area contributed by atoms with Gasteiger partial charge in [0.15, 0.2) is 5.82 Å². The maximum atomic E-state index is 12.6. The predicted octanol–water partition coefficient (Wildman–Crippen LogP) is 3.18. The van der Waals surface area contributed by atoms with Gasteiger partial charge in [-0.1, -0.05) is 0 Å². The van der Waals surface area contributed by atoms with Crippen molar-refractivity contribution in [3.05, 3.63) is 42.4 Å². The summed E-state index contributed by atoms with van der Waals surface area (Å²) in [6.45, 7) is 0.719. The van der Waals surface area contributed by atoms with Crippen LogP contribution in [-0.4, -0.2) is 33.1 Å². The summed E-state index contributed by atoms with van der Waals surface area (Å²) < 4.78 is 1.81. The number of hydrogen-bond acceptors (Lipinski definition) is 4. The van der Waals surface area contributed by atoms with E-state index in [1.165, 1.54) is 44.1 Å². The van der Waals surface area contributed by atoms with Crippen molar-refractivity contribution in [2.24, 2.45) is 23.2 Å². The van der Waals surface area contributed by atoms with Gasteiger partial charge in [0.05, 0.1) is 6.54 Å². The molecule has 31 heavy (non-hydrogen) atoms. The average Bonchev–Trinajstić information content (AvgIpc) is 3.17. The van der Waals surface area contributed by atoms with E-state index in [-0.39, 0.29) is 23.8 Å². The van der Waals surface area contributed by atoms with Crippen molar-refractivity contribution in [3.63, 3.8) is 0 Å². The molecular weight excluding hydrogens is 390 g/mol. The van der Waals surface area contributed by atoms with Gasteiger partial charge < -0.3 is 10.6 Å². The number of carbonyl (C=O) groups excluding carboxylic acids is 2. The zero-order chi connectivity index (χ0) is 21.3. The van der Waals surface area contributed by atoms with Gasteiger partial charge in [-0.15, -0.1) is 0 Å². The van der Waals surface area contributed by atoms with E-state index in [0.717, 1.165) is 30.7 Å². The van der Waals surface area contributed by atoms with Gasteiger partial charge in [-0.25, -0.2) is 0 Å². The standard InChI is InChI=1S/C24H31N5O2/c30-22(15-24-12-18-9-19(13-24)11-20(10-18)14-24)26-16-23(31)27-21-4-8-29(28-21)7-3-17-1-5-25-6-2-17/h1-2,4-6,8,18-20H,3,7,9-16H2,(H,26,30)(H,27,28,31). The number of nitrogens with zero attached hydrogens (tertiary/aromatic N) is 3. The van der Waals surface area contributed by atoms with Crippen molar-refractivity contribution < 1.29 is 9.59 Å². The molecule has 4 saturated carbocycles. The fourth-order valence-corrected chi connectivity index (χ4v) is 6.62. The second-order valence-electron chi connectivity index (χ2n) is 9.99. The van der Waals surface area contributed by atoms with E-state index in [4.69, 9.17) is 0 Å². The Labute approximate surface area is 183 Å². The lowest BCUT2D eigenvalue weighted by Gasteiger charge is -2.56. The van der Waals surface area contributed by atoms with Crippen molar-refractivity contribution in [1.29, 1.82) is 0 Å². The number of aryl methyl sites for hydroxylation is 2. The number of pyridine rings is 1. The number of aromatic nitrogens is 3. The third-order valence-electron chi connectivity index (χ3n) is 7.43. The van der Waals surface area contributed by atoms with E-state index < -0.39 is 0 Å². The molecule has 7 nitrogen and oxygen atoms in total. The van der Waals surface area contributed by atoms with E-state index in [0.29, 0.717) is 12.2 Å². The van der Waals surface area contributed by atoms with Crippen LogP contribution in [0.2, 0.25) is 0 Å². The summed E-state index contributed by atoms with van der Waals surface area (Å²) in [6.07, 6.45) is 14.6. The molecule has 2 amide bonds. The van der Waals surface area contributed by atoms with E-state index in [2.05, 4.69) is 20.7 Å². The Morgan fingerprint density at radius 2 is 1.68 bits per heavy atom. The third-order valence-corrected chi connectivity index (χ3v) is 7.43. The highest BCUT2D eigenvalue weighted by molar-refractivity contribution is 5.93. The number of anilines is 1. The quantitative estimate of drug-likeness (QED) is 0.685. The van der Waals surface area contributed by atoms with Crippen LogP contribution in [0.25, 0.3) is 0 Å². The molecule has 0 unspecified atom stereocenters. The van der Waals surface area contributed by atoms with Gasteiger partial charge in [0.1, 0.15) is 0 Å². The number of hydrogen-bond donors (Lipinski definition) is 2. The summed E-state index contributed by atoms with van der Waals surface area (Å²) >= 11 is 0. The Hall–Kier alpha value is -2.70. The van der Waals surface area contributed by atoms with Crippen molar-refractivity contribution in [1.82, 2.24) is 20.1 Å². The molecule has 0 aromatic carbocycles. The predicted molar refractivity (Wildman–Crippen MR) is 117 cm³/mol. The van der Waals surface area contributed by atoms with E-state index in [1.807, 2.05) is 23.0 Å². The van der Waals surface area contributed by atoms with Crippen LogP contribution >= 0.6 is 0 Å². The molecular formula is C24H31N5O2. The Morgan fingerprint density at radius 3 is 2.35 bits per heavy atom. The van der Waals surface area contributed by atoms with E-state index in [1.54, 1.807) is 18.5 Å².